The summed E-state index contributed by atoms with van der Waals surface area (Å²) < 4.78 is 7.26. The van der Waals surface area contributed by atoms with Crippen molar-refractivity contribution in [1.29, 1.82) is 0 Å². The Kier molecular flexibility index (Phi) is 6.01. The van der Waals surface area contributed by atoms with Crippen molar-refractivity contribution in [2.45, 2.75) is 18.6 Å². The number of nitrogens with zero attached hydrogens (tertiary/aromatic N) is 5. The van der Waals surface area contributed by atoms with Crippen molar-refractivity contribution in [1.82, 2.24) is 24.6 Å². The molecule has 3 heterocycles. The summed E-state index contributed by atoms with van der Waals surface area (Å²) in [5, 5.41) is 9.24. The summed E-state index contributed by atoms with van der Waals surface area (Å²) >= 11 is 1.43. The van der Waals surface area contributed by atoms with Crippen LogP contribution in [-0.4, -0.2) is 62.4 Å². The molecule has 29 heavy (non-hydrogen) atoms. The van der Waals surface area contributed by atoms with E-state index < -0.39 is 0 Å². The van der Waals surface area contributed by atoms with Crippen molar-refractivity contribution in [3.8, 4) is 11.4 Å². The average Bonchev–Trinajstić information content (AvgIpc) is 3.32. The van der Waals surface area contributed by atoms with Gasteiger partial charge < -0.3 is 13.9 Å². The van der Waals surface area contributed by atoms with E-state index in [0.29, 0.717) is 5.75 Å². The largest absolute Gasteiger partial charge is 0.469 e. The summed E-state index contributed by atoms with van der Waals surface area (Å²) in [6, 6.07) is 12.3. The Balaban J connectivity index is 1.28. The Hall–Kier alpha value is -2.58. The molecule has 0 atom stereocenters. The van der Waals surface area contributed by atoms with Gasteiger partial charge in [0.15, 0.2) is 11.0 Å². The van der Waals surface area contributed by atoms with Crippen LogP contribution in [-0.2, 0) is 18.4 Å². The molecule has 1 amide bonds. The van der Waals surface area contributed by atoms with Gasteiger partial charge in [-0.05, 0) is 18.6 Å². The quantitative estimate of drug-likeness (QED) is 0.581. The van der Waals surface area contributed by atoms with Gasteiger partial charge in [-0.25, -0.2) is 0 Å². The highest BCUT2D eigenvalue weighted by atomic mass is 32.2. The Morgan fingerprint density at radius 1 is 1.10 bits per heavy atom. The van der Waals surface area contributed by atoms with Gasteiger partial charge in [-0.1, -0.05) is 42.1 Å². The number of thioether (sulfide) groups is 1. The molecule has 7 nitrogen and oxygen atoms in total. The van der Waals surface area contributed by atoms with Gasteiger partial charge in [0.2, 0.25) is 5.91 Å². The predicted octanol–water partition coefficient (Wildman–Crippen LogP) is 2.82. The van der Waals surface area contributed by atoms with Crippen LogP contribution in [0.3, 0.4) is 0 Å². The molecule has 8 heteroatoms. The smallest absolute Gasteiger partial charge is 0.233 e. The first-order valence-electron chi connectivity index (χ1n) is 9.72. The van der Waals surface area contributed by atoms with Crippen molar-refractivity contribution in [3.05, 3.63) is 54.0 Å². The first-order valence-corrected chi connectivity index (χ1v) is 10.7. The first kappa shape index (κ1) is 19.7. The molecule has 0 radical (unpaired) electrons. The summed E-state index contributed by atoms with van der Waals surface area (Å²) in [5.74, 6) is 2.08. The average molecular weight is 412 g/mol. The van der Waals surface area contributed by atoms with Crippen LogP contribution in [0.2, 0.25) is 0 Å². The number of furan rings is 1. The van der Waals surface area contributed by atoms with Gasteiger partial charge in [0, 0.05) is 39.8 Å². The van der Waals surface area contributed by atoms with Crippen molar-refractivity contribution in [2.75, 3.05) is 31.9 Å². The van der Waals surface area contributed by atoms with Crippen molar-refractivity contribution in [3.63, 3.8) is 0 Å². The number of aryl methyl sites for hydroxylation is 1. The highest BCUT2D eigenvalue weighted by molar-refractivity contribution is 7.99. The van der Waals surface area contributed by atoms with Crippen LogP contribution in [0.1, 0.15) is 11.3 Å². The fourth-order valence-electron chi connectivity index (χ4n) is 3.51. The number of carbonyl (C=O) groups is 1. The van der Waals surface area contributed by atoms with E-state index in [9.17, 15) is 4.79 Å². The Morgan fingerprint density at radius 2 is 1.86 bits per heavy atom. The van der Waals surface area contributed by atoms with Crippen LogP contribution >= 0.6 is 11.8 Å². The summed E-state index contributed by atoms with van der Waals surface area (Å²) in [4.78, 5) is 17.0. The lowest BCUT2D eigenvalue weighted by Gasteiger charge is -2.34. The second-order valence-corrected chi connectivity index (χ2v) is 8.13. The summed E-state index contributed by atoms with van der Waals surface area (Å²) in [6.45, 7) is 6.18. The van der Waals surface area contributed by atoms with E-state index in [-0.39, 0.29) is 5.91 Å². The van der Waals surface area contributed by atoms with Gasteiger partial charge in [0.25, 0.3) is 0 Å². The molecule has 0 unspecified atom stereocenters. The van der Waals surface area contributed by atoms with Gasteiger partial charge in [-0.3, -0.25) is 9.69 Å². The molecule has 4 rings (SSSR count). The van der Waals surface area contributed by atoms with E-state index in [4.69, 9.17) is 4.42 Å². The number of hydrogen-bond acceptors (Lipinski definition) is 6. The second-order valence-electron chi connectivity index (χ2n) is 7.19. The van der Waals surface area contributed by atoms with E-state index in [1.807, 2.05) is 35.6 Å². The Labute approximate surface area is 174 Å². The van der Waals surface area contributed by atoms with Gasteiger partial charge in [0.1, 0.15) is 5.76 Å². The van der Waals surface area contributed by atoms with Crippen LogP contribution in [0, 0.1) is 6.92 Å². The molecule has 0 N–H and O–H groups in total. The SMILES string of the molecule is Cc1occc1-c1nnc(SCC(=O)N2CCN(Cc3ccccc3)CC2)n1C. The van der Waals surface area contributed by atoms with Gasteiger partial charge in [0.05, 0.1) is 17.6 Å². The molecule has 1 fully saturated rings. The Bertz CT molecular complexity index is 961. The van der Waals surface area contributed by atoms with Crippen LogP contribution < -0.4 is 0 Å². The zero-order valence-electron chi connectivity index (χ0n) is 16.7. The molecule has 1 aliphatic rings. The summed E-state index contributed by atoms with van der Waals surface area (Å²) in [6.07, 6.45) is 1.65. The fourth-order valence-corrected chi connectivity index (χ4v) is 4.32. The number of carbonyl (C=O) groups excluding carboxylic acids is 1. The van der Waals surface area contributed by atoms with E-state index in [1.165, 1.54) is 17.3 Å². The zero-order valence-corrected chi connectivity index (χ0v) is 17.6. The van der Waals surface area contributed by atoms with E-state index in [2.05, 4.69) is 39.4 Å². The molecule has 1 aliphatic heterocycles. The number of rotatable bonds is 6. The van der Waals surface area contributed by atoms with Crippen molar-refractivity contribution in [2.24, 2.45) is 7.05 Å². The highest BCUT2D eigenvalue weighted by Gasteiger charge is 2.22. The normalized spacial score (nSPS) is 15.0. The van der Waals surface area contributed by atoms with E-state index >= 15 is 0 Å². The third-order valence-electron chi connectivity index (χ3n) is 5.23. The molecule has 1 saturated heterocycles. The summed E-state index contributed by atoms with van der Waals surface area (Å²) in [7, 11) is 1.91. The number of hydrogen-bond donors (Lipinski definition) is 0. The van der Waals surface area contributed by atoms with Crippen LogP contribution in [0.25, 0.3) is 11.4 Å². The fraction of sp³-hybridized carbons (Fsp3) is 0.381. The van der Waals surface area contributed by atoms with E-state index in [0.717, 1.165) is 55.0 Å². The number of amides is 1. The minimum atomic E-state index is 0.151. The molecular weight excluding hydrogens is 386 g/mol. The third-order valence-corrected chi connectivity index (χ3v) is 6.24. The number of piperazine rings is 1. The Morgan fingerprint density at radius 3 is 2.55 bits per heavy atom. The van der Waals surface area contributed by atoms with Gasteiger partial charge in [-0.15, -0.1) is 10.2 Å². The molecule has 2 aromatic heterocycles. The first-order chi connectivity index (χ1) is 14.1. The molecule has 3 aromatic rings. The molecular formula is C21H25N5O2S. The van der Waals surface area contributed by atoms with Gasteiger partial charge >= 0.3 is 0 Å². The third kappa shape index (κ3) is 4.54. The monoisotopic (exact) mass is 411 g/mol. The standard InChI is InChI=1S/C21H25N5O2S/c1-16-18(8-13-28-16)20-22-23-21(24(20)2)29-15-19(27)26-11-9-25(10-12-26)14-17-6-4-3-5-7-17/h3-8,13H,9-12,14-15H2,1-2H3. The second kappa shape index (κ2) is 8.84. The minimum Gasteiger partial charge on any atom is -0.469 e. The van der Waals surface area contributed by atoms with Gasteiger partial charge in [-0.2, -0.15) is 0 Å². The predicted molar refractivity (Wildman–Crippen MR) is 112 cm³/mol. The van der Waals surface area contributed by atoms with Crippen molar-refractivity contribution < 1.29 is 9.21 Å². The lowest BCUT2D eigenvalue weighted by molar-refractivity contribution is -0.130. The summed E-state index contributed by atoms with van der Waals surface area (Å²) in [5.41, 5.74) is 2.24. The molecule has 0 aliphatic carbocycles. The molecule has 0 spiro atoms. The van der Waals surface area contributed by atoms with Crippen LogP contribution in [0.15, 0.2) is 52.2 Å². The maximum Gasteiger partial charge on any atom is 0.233 e. The van der Waals surface area contributed by atoms with E-state index in [1.54, 1.807) is 6.26 Å². The van der Waals surface area contributed by atoms with Crippen LogP contribution in [0.4, 0.5) is 0 Å². The maximum atomic E-state index is 12.7. The molecule has 0 bridgehead atoms. The zero-order chi connectivity index (χ0) is 20.2. The minimum absolute atomic E-state index is 0.151. The number of aromatic nitrogens is 3. The lowest BCUT2D eigenvalue weighted by Crippen LogP contribution is -2.48. The number of benzene rings is 1. The maximum absolute atomic E-state index is 12.7. The topological polar surface area (TPSA) is 67.4 Å². The van der Waals surface area contributed by atoms with Crippen LogP contribution in [0.5, 0.6) is 0 Å². The highest BCUT2D eigenvalue weighted by Crippen LogP contribution is 2.26. The lowest BCUT2D eigenvalue weighted by atomic mass is 10.2. The molecule has 152 valence electrons. The van der Waals surface area contributed by atoms with Crippen molar-refractivity contribution >= 4 is 17.7 Å². The molecule has 1 aromatic carbocycles. The molecule has 0 saturated carbocycles.